The number of methoxy groups -OCH3 is 1. The summed E-state index contributed by atoms with van der Waals surface area (Å²) in [5.41, 5.74) is -5.54. The largest absolute Gasteiger partial charge is 0.497 e. The number of rotatable bonds is 6. The summed E-state index contributed by atoms with van der Waals surface area (Å²) < 4.78 is 99.1. The molecule has 0 unspecified atom stereocenters. The number of benzene rings is 3. The Labute approximate surface area is 231 Å². The van der Waals surface area contributed by atoms with Crippen molar-refractivity contribution in [2.45, 2.75) is 42.8 Å². The lowest BCUT2D eigenvalue weighted by atomic mass is 9.71. The number of ether oxygens (including phenoxy) is 1. The summed E-state index contributed by atoms with van der Waals surface area (Å²) in [4.78, 5) is 14.6. The molecule has 1 saturated heterocycles. The van der Waals surface area contributed by atoms with Gasteiger partial charge in [-0.05, 0) is 41.0 Å². The van der Waals surface area contributed by atoms with Gasteiger partial charge in [0.2, 0.25) is 0 Å². The third-order valence-corrected chi connectivity index (χ3v) is 7.64. The number of amides is 2. The van der Waals surface area contributed by atoms with E-state index in [4.69, 9.17) is 4.74 Å². The maximum absolute atomic E-state index is 13.7. The molecular weight excluding hydrogens is 557 g/mol. The van der Waals surface area contributed by atoms with E-state index in [9.17, 15) is 40.6 Å². The predicted molar refractivity (Wildman–Crippen MR) is 136 cm³/mol. The van der Waals surface area contributed by atoms with Crippen LogP contribution in [0.1, 0.15) is 35.1 Å². The fraction of sp³-hybridized carbons (Fsp3) is 0.345. The van der Waals surface area contributed by atoms with Crippen LogP contribution in [-0.4, -0.2) is 48.6 Å². The van der Waals surface area contributed by atoms with Crippen molar-refractivity contribution >= 4 is 6.03 Å². The molecule has 3 aromatic carbocycles. The Morgan fingerprint density at radius 1 is 0.951 bits per heavy atom. The second-order valence-corrected chi connectivity index (χ2v) is 10.2. The Hall–Kier alpha value is -3.80. The van der Waals surface area contributed by atoms with Crippen LogP contribution in [-0.2, 0) is 17.6 Å². The number of carbonyl (C=O) groups excluding carboxylic acids is 1. The van der Waals surface area contributed by atoms with E-state index in [1.54, 1.807) is 31.2 Å². The van der Waals surface area contributed by atoms with Gasteiger partial charge in [0.15, 0.2) is 0 Å². The number of hydrogen-bond donors (Lipinski definition) is 2. The van der Waals surface area contributed by atoms with E-state index in [-0.39, 0.29) is 19.6 Å². The molecule has 0 radical (unpaired) electrons. The summed E-state index contributed by atoms with van der Waals surface area (Å²) >= 11 is 0. The Bertz CT molecular complexity index is 1340. The molecular formula is C29H27F7N2O3. The number of alkyl halides is 6. The van der Waals surface area contributed by atoms with Gasteiger partial charge in [0, 0.05) is 36.5 Å². The van der Waals surface area contributed by atoms with Crippen LogP contribution < -0.4 is 10.1 Å². The van der Waals surface area contributed by atoms with Gasteiger partial charge < -0.3 is 20.1 Å². The second-order valence-electron chi connectivity index (χ2n) is 10.2. The number of carbonyl (C=O) groups is 1. The van der Waals surface area contributed by atoms with Crippen LogP contribution in [0.15, 0.2) is 72.8 Å². The van der Waals surface area contributed by atoms with E-state index in [2.05, 4.69) is 5.32 Å². The average Bonchev–Trinajstić information content (AvgIpc) is 3.29. The maximum Gasteiger partial charge on any atom is 0.430 e. The van der Waals surface area contributed by atoms with Crippen molar-refractivity contribution in [1.82, 2.24) is 10.2 Å². The van der Waals surface area contributed by atoms with Crippen molar-refractivity contribution in [3.8, 4) is 5.75 Å². The van der Waals surface area contributed by atoms with Crippen molar-refractivity contribution in [1.29, 1.82) is 0 Å². The standard InChI is InChI=1S/C29H27F7N2O3/c1-26(20-9-11-22(30)12-10-20)17-38(25(39)37-15-18-3-13-23(41-2)14-4-18)16-24(26)19-5-7-21(8-6-19)27(40,28(31,32)33)29(34,35)36/h3-14,24,40H,15-17H2,1-2H3,(H,37,39)/t24-,26+/m0/s1. The quantitative estimate of drug-likeness (QED) is 0.329. The van der Waals surface area contributed by atoms with Crippen molar-refractivity contribution in [3.05, 3.63) is 101 Å². The zero-order chi connectivity index (χ0) is 30.2. The third-order valence-electron chi connectivity index (χ3n) is 7.64. The van der Waals surface area contributed by atoms with Gasteiger partial charge >= 0.3 is 18.4 Å². The SMILES string of the molecule is COc1ccc(CNC(=O)N2C[C@@H](c3ccc(C(O)(C(F)(F)F)C(F)(F)F)cc3)[C@@](C)(c3ccc(F)cc3)C2)cc1. The van der Waals surface area contributed by atoms with Crippen molar-refractivity contribution in [3.63, 3.8) is 0 Å². The first-order valence-corrected chi connectivity index (χ1v) is 12.5. The van der Waals surface area contributed by atoms with Crippen molar-refractivity contribution in [2.75, 3.05) is 20.2 Å². The highest BCUT2D eigenvalue weighted by atomic mass is 19.4. The summed E-state index contributed by atoms with van der Waals surface area (Å²) in [6, 6.07) is 15.5. The molecule has 2 amide bonds. The summed E-state index contributed by atoms with van der Waals surface area (Å²) in [6.45, 7) is 2.19. The molecule has 220 valence electrons. The number of likely N-dealkylation sites (tertiary alicyclic amines) is 1. The second kappa shape index (κ2) is 10.9. The lowest BCUT2D eigenvalue weighted by molar-refractivity contribution is -0.376. The minimum Gasteiger partial charge on any atom is -0.497 e. The fourth-order valence-corrected chi connectivity index (χ4v) is 5.22. The molecule has 0 saturated carbocycles. The topological polar surface area (TPSA) is 61.8 Å². The van der Waals surface area contributed by atoms with Crippen LogP contribution in [0.3, 0.4) is 0 Å². The lowest BCUT2D eigenvalue weighted by Gasteiger charge is -2.34. The van der Waals surface area contributed by atoms with Gasteiger partial charge in [-0.25, -0.2) is 9.18 Å². The first-order chi connectivity index (χ1) is 19.1. The lowest BCUT2D eigenvalue weighted by Crippen LogP contribution is -2.53. The van der Waals surface area contributed by atoms with E-state index >= 15 is 0 Å². The third kappa shape index (κ3) is 5.70. The molecule has 1 heterocycles. The molecule has 1 aliphatic rings. The summed E-state index contributed by atoms with van der Waals surface area (Å²) in [7, 11) is 1.53. The number of nitrogens with zero attached hydrogens (tertiary/aromatic N) is 1. The van der Waals surface area contributed by atoms with Crippen LogP contribution in [0.5, 0.6) is 5.75 Å². The van der Waals surface area contributed by atoms with Crippen LogP contribution >= 0.6 is 0 Å². The number of nitrogens with one attached hydrogen (secondary N) is 1. The molecule has 0 spiro atoms. The molecule has 41 heavy (non-hydrogen) atoms. The van der Waals surface area contributed by atoms with Gasteiger partial charge in [0.25, 0.3) is 5.60 Å². The minimum atomic E-state index is -6.01. The van der Waals surface area contributed by atoms with E-state index in [1.807, 2.05) is 0 Å². The van der Waals surface area contributed by atoms with Gasteiger partial charge in [-0.15, -0.1) is 0 Å². The molecule has 0 aromatic heterocycles. The minimum absolute atomic E-state index is 0.0739. The summed E-state index contributed by atoms with van der Waals surface area (Å²) in [6.07, 6.45) is -12.0. The smallest absolute Gasteiger partial charge is 0.430 e. The molecule has 1 fully saturated rings. The Morgan fingerprint density at radius 3 is 2.02 bits per heavy atom. The van der Waals surface area contributed by atoms with Crippen LogP contribution in [0, 0.1) is 5.82 Å². The van der Waals surface area contributed by atoms with E-state index in [0.29, 0.717) is 29.0 Å². The summed E-state index contributed by atoms with van der Waals surface area (Å²) in [5, 5.41) is 12.6. The number of halogens is 7. The van der Waals surface area contributed by atoms with Crippen molar-refractivity contribution < 1.29 is 45.4 Å². The molecule has 12 heteroatoms. The molecule has 2 atom stereocenters. The number of aliphatic hydroxyl groups is 1. The zero-order valence-electron chi connectivity index (χ0n) is 22.0. The van der Waals surface area contributed by atoms with Crippen LogP contribution in [0.4, 0.5) is 35.5 Å². The molecule has 2 N–H and O–H groups in total. The van der Waals surface area contributed by atoms with Gasteiger partial charge in [-0.2, -0.15) is 26.3 Å². The van der Waals surface area contributed by atoms with Gasteiger partial charge in [0.1, 0.15) is 11.6 Å². The maximum atomic E-state index is 13.7. The van der Waals surface area contributed by atoms with Gasteiger partial charge in [-0.3, -0.25) is 0 Å². The highest BCUT2D eigenvalue weighted by molar-refractivity contribution is 5.75. The molecule has 0 aliphatic carbocycles. The Balaban J connectivity index is 1.63. The summed E-state index contributed by atoms with van der Waals surface area (Å²) in [5.74, 6) is -0.435. The number of urea groups is 1. The van der Waals surface area contributed by atoms with E-state index < -0.39 is 46.7 Å². The van der Waals surface area contributed by atoms with Gasteiger partial charge in [-0.1, -0.05) is 55.5 Å². The molecule has 5 nitrogen and oxygen atoms in total. The highest BCUT2D eigenvalue weighted by Gasteiger charge is 2.71. The predicted octanol–water partition coefficient (Wildman–Crippen LogP) is 6.41. The van der Waals surface area contributed by atoms with Gasteiger partial charge in [0.05, 0.1) is 7.11 Å². The zero-order valence-corrected chi connectivity index (χ0v) is 22.0. The Kier molecular flexibility index (Phi) is 8.01. The monoisotopic (exact) mass is 584 g/mol. The van der Waals surface area contributed by atoms with E-state index in [0.717, 1.165) is 17.7 Å². The number of hydrogen-bond acceptors (Lipinski definition) is 3. The average molecular weight is 585 g/mol. The van der Waals surface area contributed by atoms with Crippen LogP contribution in [0.2, 0.25) is 0 Å². The molecule has 1 aliphatic heterocycles. The molecule has 3 aromatic rings. The normalized spacial score (nSPS) is 19.8. The molecule has 4 rings (SSSR count). The van der Waals surface area contributed by atoms with Crippen molar-refractivity contribution in [2.24, 2.45) is 0 Å². The van der Waals surface area contributed by atoms with Crippen LogP contribution in [0.25, 0.3) is 0 Å². The Morgan fingerprint density at radius 2 is 1.51 bits per heavy atom. The molecule has 0 bridgehead atoms. The first kappa shape index (κ1) is 30.2. The highest BCUT2D eigenvalue weighted by Crippen LogP contribution is 2.51. The first-order valence-electron chi connectivity index (χ1n) is 12.5. The fourth-order valence-electron chi connectivity index (χ4n) is 5.22. The van der Waals surface area contributed by atoms with E-state index in [1.165, 1.54) is 36.3 Å².